The molecule has 4 aromatic rings. The number of fused-ring (bicyclic) bond motifs is 1. The lowest BCUT2D eigenvalue weighted by Gasteiger charge is -2.31. The number of benzene rings is 4. The van der Waals surface area contributed by atoms with Gasteiger partial charge in [0.2, 0.25) is 11.8 Å². The van der Waals surface area contributed by atoms with Gasteiger partial charge in [-0.15, -0.1) is 0 Å². The zero-order valence-corrected chi connectivity index (χ0v) is 31.3. The first-order valence-electron chi connectivity index (χ1n) is 19.4. The number of imide groups is 2. The molecule has 2 fully saturated rings. The number of anilines is 1. The first kappa shape index (κ1) is 37.6. The first-order chi connectivity index (χ1) is 26.8. The lowest BCUT2D eigenvalue weighted by Crippen LogP contribution is -2.54. The van der Waals surface area contributed by atoms with Gasteiger partial charge >= 0.3 is 0 Å². The SMILES string of the molecule is CCC(=C(c1ccc(O)cc1)c1ccc(OCCN2CCC(CCCNc3ccc4c(c3)C(=O)N(C3CCC(=O)NC3=O)C4=O)CC2)cc1)c1ccccc1. The molecule has 2 saturated heterocycles. The van der Waals surface area contributed by atoms with E-state index in [1.165, 1.54) is 11.1 Å². The molecule has 1 unspecified atom stereocenters. The van der Waals surface area contributed by atoms with Crippen LogP contribution >= 0.6 is 0 Å². The maximum Gasteiger partial charge on any atom is 0.262 e. The Morgan fingerprint density at radius 3 is 2.20 bits per heavy atom. The van der Waals surface area contributed by atoms with Crippen molar-refractivity contribution < 1.29 is 29.0 Å². The largest absolute Gasteiger partial charge is 0.508 e. The van der Waals surface area contributed by atoms with Crippen molar-refractivity contribution in [2.24, 2.45) is 5.92 Å². The smallest absolute Gasteiger partial charge is 0.262 e. The van der Waals surface area contributed by atoms with Crippen LogP contribution in [-0.4, -0.2) is 77.4 Å². The Kier molecular flexibility index (Phi) is 11.7. The fourth-order valence-electron chi connectivity index (χ4n) is 8.02. The van der Waals surface area contributed by atoms with Crippen LogP contribution in [0.15, 0.2) is 97.1 Å². The molecule has 3 aliphatic heterocycles. The zero-order valence-electron chi connectivity index (χ0n) is 31.3. The highest BCUT2D eigenvalue weighted by atomic mass is 16.5. The van der Waals surface area contributed by atoms with Crippen molar-refractivity contribution in [1.82, 2.24) is 15.1 Å². The third-order valence-electron chi connectivity index (χ3n) is 11.0. The Hall–Kier alpha value is -5.74. The van der Waals surface area contributed by atoms with Gasteiger partial charge in [-0.25, -0.2) is 0 Å². The van der Waals surface area contributed by atoms with Gasteiger partial charge in [0.1, 0.15) is 24.1 Å². The zero-order chi connectivity index (χ0) is 38.3. The summed E-state index contributed by atoms with van der Waals surface area (Å²) in [5, 5.41) is 15.6. The maximum absolute atomic E-state index is 13.1. The first-order valence-corrected chi connectivity index (χ1v) is 19.4. The van der Waals surface area contributed by atoms with Crippen LogP contribution in [0.1, 0.15) is 89.3 Å². The average Bonchev–Trinajstić information content (AvgIpc) is 3.45. The molecule has 7 rings (SSSR count). The van der Waals surface area contributed by atoms with E-state index in [0.717, 1.165) is 91.3 Å². The predicted molar refractivity (Wildman–Crippen MR) is 213 cm³/mol. The van der Waals surface area contributed by atoms with Crippen LogP contribution in [0, 0.1) is 5.92 Å². The number of phenolic OH excluding ortho intramolecular Hbond substituents is 1. The highest BCUT2D eigenvalue weighted by Gasteiger charge is 2.44. The molecular formula is C45H48N4O6. The second-order valence-corrected chi connectivity index (χ2v) is 14.6. The van der Waals surface area contributed by atoms with Gasteiger partial charge in [-0.3, -0.25) is 34.3 Å². The third-order valence-corrected chi connectivity index (χ3v) is 11.0. The highest BCUT2D eigenvalue weighted by molar-refractivity contribution is 6.23. The summed E-state index contributed by atoms with van der Waals surface area (Å²) < 4.78 is 6.20. The number of hydrogen-bond donors (Lipinski definition) is 3. The number of amides is 4. The summed E-state index contributed by atoms with van der Waals surface area (Å²) in [6.45, 7) is 6.52. The van der Waals surface area contributed by atoms with E-state index in [0.29, 0.717) is 12.5 Å². The summed E-state index contributed by atoms with van der Waals surface area (Å²) in [6, 6.07) is 30.4. The maximum atomic E-state index is 13.1. The number of piperidine rings is 2. The standard InChI is InChI=1S/C45H48N4O6/c1-2-37(31-8-4-3-5-9-31)42(32-10-15-35(50)16-11-32)33-12-17-36(18-13-33)55-28-27-48-25-22-30(23-26-48)7-6-24-46-34-14-19-38-39(29-34)45(54)49(44(38)53)40-20-21-41(51)47-43(40)52/h3-5,8-19,29-30,40,46,50H,2,6-7,20-28H2,1H3,(H,47,51,52). The Balaban J connectivity index is 0.845. The van der Waals surface area contributed by atoms with Crippen LogP contribution in [0.25, 0.3) is 11.1 Å². The average molecular weight is 741 g/mol. The number of aromatic hydroxyl groups is 1. The van der Waals surface area contributed by atoms with Gasteiger partial charge in [-0.05, 0) is 128 Å². The van der Waals surface area contributed by atoms with E-state index < -0.39 is 23.8 Å². The van der Waals surface area contributed by atoms with Crippen molar-refractivity contribution in [3.8, 4) is 11.5 Å². The molecule has 10 heteroatoms. The lowest BCUT2D eigenvalue weighted by atomic mass is 9.88. The summed E-state index contributed by atoms with van der Waals surface area (Å²) in [7, 11) is 0. The molecule has 3 aliphatic rings. The van der Waals surface area contributed by atoms with E-state index in [4.69, 9.17) is 4.74 Å². The van der Waals surface area contributed by atoms with Gasteiger partial charge in [-0.1, -0.05) is 61.5 Å². The van der Waals surface area contributed by atoms with Crippen molar-refractivity contribution in [1.29, 1.82) is 0 Å². The highest BCUT2D eigenvalue weighted by Crippen LogP contribution is 2.36. The predicted octanol–water partition coefficient (Wildman–Crippen LogP) is 7.15. The van der Waals surface area contributed by atoms with Crippen LogP contribution < -0.4 is 15.4 Å². The molecule has 4 aromatic carbocycles. The molecule has 0 aromatic heterocycles. The number of rotatable bonds is 14. The Morgan fingerprint density at radius 2 is 1.51 bits per heavy atom. The van der Waals surface area contributed by atoms with Crippen LogP contribution in [0.5, 0.6) is 11.5 Å². The summed E-state index contributed by atoms with van der Waals surface area (Å²) in [5.41, 5.74) is 7.08. The number of phenols is 1. The van der Waals surface area contributed by atoms with Gasteiger partial charge < -0.3 is 15.2 Å². The molecule has 0 bridgehead atoms. The number of likely N-dealkylation sites (tertiary alicyclic amines) is 1. The number of carbonyl (C=O) groups is 4. The lowest BCUT2D eigenvalue weighted by molar-refractivity contribution is -0.136. The fourth-order valence-corrected chi connectivity index (χ4v) is 8.02. The van der Waals surface area contributed by atoms with E-state index >= 15 is 0 Å². The van der Waals surface area contributed by atoms with Crippen molar-refractivity contribution in [3.05, 3.63) is 125 Å². The minimum absolute atomic E-state index is 0.0967. The van der Waals surface area contributed by atoms with Gasteiger partial charge in [0, 0.05) is 25.2 Å². The molecule has 284 valence electrons. The third kappa shape index (κ3) is 8.65. The molecule has 1 atom stereocenters. The molecular weight excluding hydrogens is 693 g/mol. The quantitative estimate of drug-likeness (QED) is 0.0707. The van der Waals surface area contributed by atoms with Gasteiger partial charge in [0.15, 0.2) is 0 Å². The van der Waals surface area contributed by atoms with E-state index in [9.17, 15) is 24.3 Å². The number of allylic oxidation sites excluding steroid dienone is 1. The Morgan fingerprint density at radius 1 is 0.818 bits per heavy atom. The van der Waals surface area contributed by atoms with Crippen molar-refractivity contribution in [3.63, 3.8) is 0 Å². The fraction of sp³-hybridized carbons (Fsp3) is 0.333. The van der Waals surface area contributed by atoms with Gasteiger partial charge in [-0.2, -0.15) is 0 Å². The van der Waals surface area contributed by atoms with Gasteiger partial charge in [0.25, 0.3) is 11.8 Å². The molecule has 55 heavy (non-hydrogen) atoms. The number of nitrogens with zero attached hydrogens (tertiary/aromatic N) is 2. The van der Waals surface area contributed by atoms with Crippen molar-refractivity contribution in [2.75, 3.05) is 38.1 Å². The number of hydrogen-bond acceptors (Lipinski definition) is 8. The van der Waals surface area contributed by atoms with Crippen LogP contribution in [0.4, 0.5) is 5.69 Å². The molecule has 0 aliphatic carbocycles. The molecule has 0 radical (unpaired) electrons. The van der Waals surface area contributed by atoms with Crippen LogP contribution in [0.3, 0.4) is 0 Å². The molecule has 0 spiro atoms. The summed E-state index contributed by atoms with van der Waals surface area (Å²) >= 11 is 0. The normalized spacial score (nSPS) is 18.2. The summed E-state index contributed by atoms with van der Waals surface area (Å²) in [4.78, 5) is 53.5. The Bertz CT molecular complexity index is 2050. The molecule has 10 nitrogen and oxygen atoms in total. The monoisotopic (exact) mass is 740 g/mol. The molecule has 0 saturated carbocycles. The van der Waals surface area contributed by atoms with Crippen molar-refractivity contribution >= 4 is 40.5 Å². The minimum atomic E-state index is -0.965. The number of carbonyl (C=O) groups excluding carboxylic acids is 4. The second-order valence-electron chi connectivity index (χ2n) is 14.6. The Labute approximate surface area is 322 Å². The van der Waals surface area contributed by atoms with Crippen molar-refractivity contribution in [2.45, 2.75) is 57.9 Å². The minimum Gasteiger partial charge on any atom is -0.508 e. The van der Waals surface area contributed by atoms with Gasteiger partial charge in [0.05, 0.1) is 11.1 Å². The topological polar surface area (TPSA) is 128 Å². The van der Waals surface area contributed by atoms with Crippen LogP contribution in [0.2, 0.25) is 0 Å². The molecule has 3 heterocycles. The van der Waals surface area contributed by atoms with E-state index in [2.05, 4.69) is 58.9 Å². The van der Waals surface area contributed by atoms with E-state index in [1.807, 2.05) is 30.3 Å². The summed E-state index contributed by atoms with van der Waals surface area (Å²) in [6.07, 6.45) is 5.50. The molecule has 4 amide bonds. The van der Waals surface area contributed by atoms with E-state index in [1.54, 1.807) is 30.3 Å². The van der Waals surface area contributed by atoms with E-state index in [-0.39, 0.29) is 35.6 Å². The number of ether oxygens (including phenoxy) is 1. The number of nitrogens with one attached hydrogen (secondary N) is 2. The summed E-state index contributed by atoms with van der Waals surface area (Å²) in [5.74, 6) is -0.227. The second kappa shape index (κ2) is 17.2. The molecule has 3 N–H and O–H groups in total. The van der Waals surface area contributed by atoms with Crippen LogP contribution in [-0.2, 0) is 9.59 Å².